The molecule has 1 amide bonds. The van der Waals surface area contributed by atoms with Gasteiger partial charge in [0.25, 0.3) is 0 Å². The van der Waals surface area contributed by atoms with Crippen LogP contribution in [0.15, 0.2) is 37.5 Å². The van der Waals surface area contributed by atoms with E-state index in [-0.39, 0.29) is 18.7 Å². The Hall–Kier alpha value is -1.55. The molecule has 0 aromatic heterocycles. The van der Waals surface area contributed by atoms with Gasteiger partial charge >= 0.3 is 6.09 Å². The fourth-order valence-corrected chi connectivity index (χ4v) is 1.64. The zero-order chi connectivity index (χ0) is 15.6. The molecule has 0 aliphatic heterocycles. The number of hydrogen-bond donors (Lipinski definition) is 1. The first-order chi connectivity index (χ1) is 9.35. The van der Waals surface area contributed by atoms with E-state index in [0.717, 1.165) is 0 Å². The largest absolute Gasteiger partial charge is 0.444 e. The minimum Gasteiger partial charge on any atom is -0.444 e. The highest BCUT2D eigenvalue weighted by molar-refractivity contribution is 5.69. The Morgan fingerprint density at radius 3 is 2.50 bits per heavy atom. The lowest BCUT2D eigenvalue weighted by Gasteiger charge is -2.31. The minimum absolute atomic E-state index is 0.0330. The van der Waals surface area contributed by atoms with Gasteiger partial charge < -0.3 is 14.7 Å². The standard InChI is InChI=1S/C16H27NO3/c1-6-8-11-14(10-7-2)17(12-9-13-18)15(19)20-16(3,4)5/h6-8,11,14,18H,1-2,9-10,12-13H2,3-5H3/b11-8+. The molecule has 0 radical (unpaired) electrons. The van der Waals surface area contributed by atoms with E-state index in [4.69, 9.17) is 9.84 Å². The van der Waals surface area contributed by atoms with Crippen LogP contribution in [0, 0.1) is 0 Å². The summed E-state index contributed by atoms with van der Waals surface area (Å²) in [5.41, 5.74) is -0.546. The maximum atomic E-state index is 12.3. The number of aliphatic hydroxyl groups is 1. The Balaban J connectivity index is 5.05. The van der Waals surface area contributed by atoms with Crippen LogP contribution >= 0.6 is 0 Å². The molecule has 0 spiro atoms. The van der Waals surface area contributed by atoms with Gasteiger partial charge in [-0.05, 0) is 33.6 Å². The van der Waals surface area contributed by atoms with E-state index in [1.54, 1.807) is 23.1 Å². The number of carbonyl (C=O) groups excluding carboxylic acids is 1. The van der Waals surface area contributed by atoms with Gasteiger partial charge in [-0.2, -0.15) is 0 Å². The minimum atomic E-state index is -0.546. The van der Waals surface area contributed by atoms with Crippen molar-refractivity contribution in [1.82, 2.24) is 4.90 Å². The first-order valence-corrected chi connectivity index (χ1v) is 6.86. The summed E-state index contributed by atoms with van der Waals surface area (Å²) < 4.78 is 5.42. The number of nitrogens with zero attached hydrogens (tertiary/aromatic N) is 1. The molecule has 0 aliphatic rings. The highest BCUT2D eigenvalue weighted by atomic mass is 16.6. The molecule has 114 valence electrons. The predicted molar refractivity (Wildman–Crippen MR) is 82.6 cm³/mol. The van der Waals surface area contributed by atoms with Crippen LogP contribution in [0.25, 0.3) is 0 Å². The average Bonchev–Trinajstić information content (AvgIpc) is 2.34. The van der Waals surface area contributed by atoms with Crippen LogP contribution in [0.3, 0.4) is 0 Å². The Morgan fingerprint density at radius 2 is 2.05 bits per heavy atom. The van der Waals surface area contributed by atoms with E-state index in [9.17, 15) is 4.79 Å². The Bertz CT molecular complexity index is 342. The molecule has 0 saturated heterocycles. The molecule has 4 nitrogen and oxygen atoms in total. The predicted octanol–water partition coefficient (Wildman–Crippen LogP) is 3.29. The summed E-state index contributed by atoms with van der Waals surface area (Å²) in [6.07, 6.45) is 7.85. The third-order valence-electron chi connectivity index (χ3n) is 2.46. The van der Waals surface area contributed by atoms with E-state index in [1.165, 1.54) is 0 Å². The van der Waals surface area contributed by atoms with Gasteiger partial charge in [-0.15, -0.1) is 6.58 Å². The molecule has 20 heavy (non-hydrogen) atoms. The molecule has 0 fully saturated rings. The van der Waals surface area contributed by atoms with Crippen molar-refractivity contribution in [3.8, 4) is 0 Å². The van der Waals surface area contributed by atoms with Crippen molar-refractivity contribution >= 4 is 6.09 Å². The van der Waals surface area contributed by atoms with Crippen LogP contribution in [0.5, 0.6) is 0 Å². The average molecular weight is 281 g/mol. The van der Waals surface area contributed by atoms with Gasteiger partial charge in [-0.3, -0.25) is 0 Å². The van der Waals surface area contributed by atoms with Crippen molar-refractivity contribution in [2.24, 2.45) is 0 Å². The Kier molecular flexibility index (Phi) is 8.64. The van der Waals surface area contributed by atoms with E-state index >= 15 is 0 Å². The number of rotatable bonds is 8. The smallest absolute Gasteiger partial charge is 0.410 e. The molecule has 0 heterocycles. The van der Waals surface area contributed by atoms with Crippen molar-refractivity contribution in [1.29, 1.82) is 0 Å². The van der Waals surface area contributed by atoms with Gasteiger partial charge in [0, 0.05) is 13.2 Å². The molecule has 0 bridgehead atoms. The lowest BCUT2D eigenvalue weighted by Crippen LogP contribution is -2.43. The summed E-state index contributed by atoms with van der Waals surface area (Å²) in [5.74, 6) is 0. The van der Waals surface area contributed by atoms with Gasteiger partial charge in [0.05, 0.1) is 6.04 Å². The quantitative estimate of drug-likeness (QED) is 0.548. The second kappa shape index (κ2) is 9.37. The van der Waals surface area contributed by atoms with Gasteiger partial charge in [0.1, 0.15) is 5.60 Å². The fourth-order valence-electron chi connectivity index (χ4n) is 1.64. The molecule has 0 aromatic carbocycles. The SMILES string of the molecule is C=C/C=C/C(CC=C)N(CCCO)C(=O)OC(C)(C)C. The number of allylic oxidation sites excluding steroid dienone is 2. The van der Waals surface area contributed by atoms with Crippen LogP contribution in [0.2, 0.25) is 0 Å². The molecular weight excluding hydrogens is 254 g/mol. The number of amides is 1. The summed E-state index contributed by atoms with van der Waals surface area (Å²) >= 11 is 0. The monoisotopic (exact) mass is 281 g/mol. The molecule has 0 rings (SSSR count). The lowest BCUT2D eigenvalue weighted by atomic mass is 10.1. The topological polar surface area (TPSA) is 49.8 Å². The number of ether oxygens (including phenoxy) is 1. The molecule has 0 aromatic rings. The van der Waals surface area contributed by atoms with E-state index in [1.807, 2.05) is 26.8 Å². The molecule has 1 N–H and O–H groups in total. The van der Waals surface area contributed by atoms with E-state index in [2.05, 4.69) is 13.2 Å². The molecular formula is C16H27NO3. The first-order valence-electron chi connectivity index (χ1n) is 6.86. The van der Waals surface area contributed by atoms with Crippen LogP contribution in [-0.4, -0.2) is 40.9 Å². The lowest BCUT2D eigenvalue weighted by molar-refractivity contribution is 0.0190. The summed E-state index contributed by atoms with van der Waals surface area (Å²) in [6.45, 7) is 13.3. The molecule has 1 unspecified atom stereocenters. The molecule has 1 atom stereocenters. The maximum Gasteiger partial charge on any atom is 0.410 e. The van der Waals surface area contributed by atoms with Crippen LogP contribution < -0.4 is 0 Å². The van der Waals surface area contributed by atoms with Crippen molar-refractivity contribution in [3.05, 3.63) is 37.5 Å². The third kappa shape index (κ3) is 7.79. The second-order valence-electron chi connectivity index (χ2n) is 5.46. The fraction of sp³-hybridized carbons (Fsp3) is 0.562. The third-order valence-corrected chi connectivity index (χ3v) is 2.46. The van der Waals surface area contributed by atoms with Crippen molar-refractivity contribution in [2.45, 2.75) is 45.3 Å². The summed E-state index contributed by atoms with van der Waals surface area (Å²) in [5, 5.41) is 8.98. The highest BCUT2D eigenvalue weighted by Crippen LogP contribution is 2.15. The van der Waals surface area contributed by atoms with Crippen LogP contribution in [-0.2, 0) is 4.74 Å². The maximum absolute atomic E-state index is 12.3. The zero-order valence-electron chi connectivity index (χ0n) is 12.8. The first kappa shape index (κ1) is 18.4. The number of carbonyl (C=O) groups is 1. The zero-order valence-corrected chi connectivity index (χ0v) is 12.8. The van der Waals surface area contributed by atoms with Crippen molar-refractivity contribution in [3.63, 3.8) is 0 Å². The van der Waals surface area contributed by atoms with Gasteiger partial charge in [-0.1, -0.05) is 30.9 Å². The second-order valence-corrected chi connectivity index (χ2v) is 5.46. The number of aliphatic hydroxyl groups excluding tert-OH is 1. The number of hydrogen-bond acceptors (Lipinski definition) is 3. The Labute approximate surface area is 122 Å². The Morgan fingerprint density at radius 1 is 1.40 bits per heavy atom. The molecule has 0 saturated carbocycles. The van der Waals surface area contributed by atoms with Crippen molar-refractivity contribution in [2.75, 3.05) is 13.2 Å². The van der Waals surface area contributed by atoms with Gasteiger partial charge in [0.2, 0.25) is 0 Å². The van der Waals surface area contributed by atoms with Gasteiger partial charge in [0.15, 0.2) is 0 Å². The van der Waals surface area contributed by atoms with Crippen LogP contribution in [0.4, 0.5) is 4.79 Å². The molecule has 4 heteroatoms. The van der Waals surface area contributed by atoms with E-state index < -0.39 is 5.60 Å². The highest BCUT2D eigenvalue weighted by Gasteiger charge is 2.25. The van der Waals surface area contributed by atoms with Gasteiger partial charge in [-0.25, -0.2) is 4.79 Å². The summed E-state index contributed by atoms with van der Waals surface area (Å²) in [7, 11) is 0. The van der Waals surface area contributed by atoms with E-state index in [0.29, 0.717) is 19.4 Å². The van der Waals surface area contributed by atoms with Crippen LogP contribution in [0.1, 0.15) is 33.6 Å². The van der Waals surface area contributed by atoms with Crippen molar-refractivity contribution < 1.29 is 14.6 Å². The normalized spacial score (nSPS) is 13.0. The summed E-state index contributed by atoms with van der Waals surface area (Å²) in [4.78, 5) is 13.9. The molecule has 0 aliphatic carbocycles. The summed E-state index contributed by atoms with van der Waals surface area (Å²) in [6, 6.07) is -0.146.